The normalized spacial score (nSPS) is 15.3. The summed E-state index contributed by atoms with van der Waals surface area (Å²) in [7, 11) is 0. The Morgan fingerprint density at radius 1 is 1.57 bits per heavy atom. The summed E-state index contributed by atoms with van der Waals surface area (Å²) < 4.78 is 4.89. The maximum atomic E-state index is 11.4. The third-order valence-corrected chi connectivity index (χ3v) is 2.92. The Morgan fingerprint density at radius 3 is 2.57 bits per heavy atom. The Balaban J connectivity index is 3.87. The molecule has 0 bridgehead atoms. The van der Waals surface area contributed by atoms with Crippen molar-refractivity contribution in [1.82, 2.24) is 0 Å². The SMILES string of the molecule is CCOC(=O)C(C)(N)CCSC(C)C. The van der Waals surface area contributed by atoms with E-state index in [9.17, 15) is 4.79 Å². The molecule has 0 aliphatic rings. The van der Waals surface area contributed by atoms with Crippen molar-refractivity contribution in [2.24, 2.45) is 5.73 Å². The lowest BCUT2D eigenvalue weighted by Gasteiger charge is -2.22. The van der Waals surface area contributed by atoms with Crippen molar-refractivity contribution < 1.29 is 9.53 Å². The molecule has 0 saturated heterocycles. The zero-order valence-electron chi connectivity index (χ0n) is 9.50. The van der Waals surface area contributed by atoms with Gasteiger partial charge in [0.1, 0.15) is 5.54 Å². The number of esters is 1. The number of carbonyl (C=O) groups is 1. The van der Waals surface area contributed by atoms with Crippen molar-refractivity contribution in [3.8, 4) is 0 Å². The van der Waals surface area contributed by atoms with Crippen LogP contribution >= 0.6 is 11.8 Å². The first kappa shape index (κ1) is 13.8. The topological polar surface area (TPSA) is 52.3 Å². The average molecular weight is 219 g/mol. The van der Waals surface area contributed by atoms with Crippen LogP contribution < -0.4 is 5.73 Å². The lowest BCUT2D eigenvalue weighted by atomic mass is 10.0. The van der Waals surface area contributed by atoms with E-state index in [1.54, 1.807) is 25.6 Å². The highest BCUT2D eigenvalue weighted by atomic mass is 32.2. The molecule has 0 rings (SSSR count). The fourth-order valence-electron chi connectivity index (χ4n) is 0.905. The number of thioether (sulfide) groups is 1. The predicted molar refractivity (Wildman–Crippen MR) is 61.4 cm³/mol. The number of nitrogens with two attached hydrogens (primary N) is 1. The summed E-state index contributed by atoms with van der Waals surface area (Å²) in [6.07, 6.45) is 0.661. The van der Waals surface area contributed by atoms with Gasteiger partial charge >= 0.3 is 5.97 Å². The molecule has 0 aromatic rings. The van der Waals surface area contributed by atoms with Gasteiger partial charge in [-0.25, -0.2) is 0 Å². The summed E-state index contributed by atoms with van der Waals surface area (Å²) in [5.74, 6) is 0.591. The molecule has 2 N–H and O–H groups in total. The molecular formula is C10H21NO2S. The Bertz CT molecular complexity index is 181. The minimum Gasteiger partial charge on any atom is -0.465 e. The first-order chi connectivity index (χ1) is 6.40. The zero-order chi connectivity index (χ0) is 11.2. The Morgan fingerprint density at radius 2 is 2.14 bits per heavy atom. The third-order valence-electron chi connectivity index (χ3n) is 1.81. The van der Waals surface area contributed by atoms with Gasteiger partial charge in [0.05, 0.1) is 6.61 Å². The standard InChI is InChI=1S/C10H21NO2S/c1-5-13-9(12)10(4,11)6-7-14-8(2)3/h8H,5-7,11H2,1-4H3. The minimum atomic E-state index is -0.835. The second kappa shape index (κ2) is 6.30. The summed E-state index contributed by atoms with van der Waals surface area (Å²) >= 11 is 1.81. The first-order valence-corrected chi connectivity index (χ1v) is 6.02. The van der Waals surface area contributed by atoms with Crippen LogP contribution in [0.2, 0.25) is 0 Å². The smallest absolute Gasteiger partial charge is 0.325 e. The number of ether oxygens (including phenoxy) is 1. The van der Waals surface area contributed by atoms with Gasteiger partial charge in [-0.05, 0) is 31.3 Å². The maximum absolute atomic E-state index is 11.4. The van der Waals surface area contributed by atoms with Crippen LogP contribution in [0.3, 0.4) is 0 Å². The van der Waals surface area contributed by atoms with E-state index in [2.05, 4.69) is 13.8 Å². The zero-order valence-corrected chi connectivity index (χ0v) is 10.3. The Kier molecular flexibility index (Phi) is 6.20. The van der Waals surface area contributed by atoms with Crippen LogP contribution in [0.4, 0.5) is 0 Å². The van der Waals surface area contributed by atoms with Crippen LogP contribution in [0.25, 0.3) is 0 Å². The third kappa shape index (κ3) is 5.50. The van der Waals surface area contributed by atoms with Crippen molar-refractivity contribution in [3.63, 3.8) is 0 Å². The second-order valence-electron chi connectivity index (χ2n) is 3.81. The van der Waals surface area contributed by atoms with Gasteiger partial charge in [-0.1, -0.05) is 13.8 Å². The predicted octanol–water partition coefficient (Wildman–Crippen LogP) is 1.80. The fourth-order valence-corrected chi connectivity index (χ4v) is 1.92. The number of rotatable bonds is 6. The lowest BCUT2D eigenvalue weighted by Crippen LogP contribution is -2.46. The number of hydrogen-bond acceptors (Lipinski definition) is 4. The number of hydrogen-bond donors (Lipinski definition) is 1. The molecular weight excluding hydrogens is 198 g/mol. The first-order valence-electron chi connectivity index (χ1n) is 4.98. The minimum absolute atomic E-state index is 0.302. The maximum Gasteiger partial charge on any atom is 0.325 e. The highest BCUT2D eigenvalue weighted by molar-refractivity contribution is 7.99. The summed E-state index contributed by atoms with van der Waals surface area (Å²) in [4.78, 5) is 11.4. The Hall–Kier alpha value is -0.220. The average Bonchev–Trinajstić information content (AvgIpc) is 2.03. The van der Waals surface area contributed by atoms with Crippen LogP contribution in [0.15, 0.2) is 0 Å². The largest absolute Gasteiger partial charge is 0.465 e. The van der Waals surface area contributed by atoms with Gasteiger partial charge in [0.2, 0.25) is 0 Å². The van der Waals surface area contributed by atoms with E-state index in [0.717, 1.165) is 5.75 Å². The molecule has 0 aromatic heterocycles. The van der Waals surface area contributed by atoms with Gasteiger partial charge in [-0.3, -0.25) is 4.79 Å². The molecule has 84 valence electrons. The van der Waals surface area contributed by atoms with Gasteiger partial charge in [0.15, 0.2) is 0 Å². The molecule has 1 unspecified atom stereocenters. The highest BCUT2D eigenvalue weighted by Gasteiger charge is 2.29. The summed E-state index contributed by atoms with van der Waals surface area (Å²) in [6, 6.07) is 0. The fraction of sp³-hybridized carbons (Fsp3) is 0.900. The summed E-state index contributed by atoms with van der Waals surface area (Å²) in [5.41, 5.74) is 5.01. The molecule has 0 amide bonds. The quantitative estimate of drug-likeness (QED) is 0.692. The number of carbonyl (C=O) groups excluding carboxylic acids is 1. The van der Waals surface area contributed by atoms with Crippen LogP contribution in [-0.4, -0.2) is 29.1 Å². The summed E-state index contributed by atoms with van der Waals surface area (Å²) in [5, 5.41) is 0.577. The van der Waals surface area contributed by atoms with Crippen molar-refractivity contribution in [1.29, 1.82) is 0 Å². The van der Waals surface area contributed by atoms with E-state index < -0.39 is 5.54 Å². The van der Waals surface area contributed by atoms with Crippen molar-refractivity contribution >= 4 is 17.7 Å². The van der Waals surface area contributed by atoms with Crippen molar-refractivity contribution in [2.75, 3.05) is 12.4 Å². The molecule has 0 spiro atoms. The van der Waals surface area contributed by atoms with Crippen LogP contribution in [0.1, 0.15) is 34.1 Å². The van der Waals surface area contributed by atoms with Gasteiger partial charge < -0.3 is 10.5 Å². The van der Waals surface area contributed by atoms with E-state index in [1.165, 1.54) is 0 Å². The molecule has 4 heteroatoms. The second-order valence-corrected chi connectivity index (χ2v) is 5.49. The van der Waals surface area contributed by atoms with E-state index in [4.69, 9.17) is 10.5 Å². The summed E-state index contributed by atoms with van der Waals surface area (Å²) in [6.45, 7) is 8.16. The molecule has 1 atom stereocenters. The van der Waals surface area contributed by atoms with Gasteiger partial charge in [0.25, 0.3) is 0 Å². The van der Waals surface area contributed by atoms with E-state index >= 15 is 0 Å². The monoisotopic (exact) mass is 219 g/mol. The molecule has 3 nitrogen and oxygen atoms in total. The van der Waals surface area contributed by atoms with E-state index in [-0.39, 0.29) is 5.97 Å². The van der Waals surface area contributed by atoms with E-state index in [0.29, 0.717) is 18.3 Å². The van der Waals surface area contributed by atoms with Gasteiger partial charge in [0, 0.05) is 0 Å². The molecule has 0 aromatic carbocycles. The molecule has 0 saturated carbocycles. The molecule has 0 aliphatic heterocycles. The van der Waals surface area contributed by atoms with E-state index in [1.807, 2.05) is 0 Å². The highest BCUT2D eigenvalue weighted by Crippen LogP contribution is 2.16. The molecule has 0 fully saturated rings. The van der Waals surface area contributed by atoms with Crippen molar-refractivity contribution in [2.45, 2.75) is 44.9 Å². The molecule has 14 heavy (non-hydrogen) atoms. The van der Waals surface area contributed by atoms with Gasteiger partial charge in [-0.15, -0.1) is 0 Å². The van der Waals surface area contributed by atoms with Crippen molar-refractivity contribution in [3.05, 3.63) is 0 Å². The molecule has 0 aliphatic carbocycles. The van der Waals surface area contributed by atoms with Gasteiger partial charge in [-0.2, -0.15) is 11.8 Å². The van der Waals surface area contributed by atoms with Crippen LogP contribution in [0.5, 0.6) is 0 Å². The molecule has 0 radical (unpaired) electrons. The Labute approximate surface area is 90.8 Å². The van der Waals surface area contributed by atoms with Crippen LogP contribution in [-0.2, 0) is 9.53 Å². The lowest BCUT2D eigenvalue weighted by molar-refractivity contribution is -0.149. The van der Waals surface area contributed by atoms with Crippen LogP contribution in [0, 0.1) is 0 Å². The molecule has 0 heterocycles.